The van der Waals surface area contributed by atoms with Crippen LogP contribution >= 0.6 is 11.8 Å². The third kappa shape index (κ3) is 5.43. The molecule has 8 nitrogen and oxygen atoms in total. The highest BCUT2D eigenvalue weighted by Crippen LogP contribution is 2.24. The number of benzene rings is 1. The van der Waals surface area contributed by atoms with Crippen LogP contribution in [-0.2, 0) is 11.3 Å². The number of hydrogen-bond donors (Lipinski definition) is 1. The maximum absolute atomic E-state index is 12.4. The molecule has 1 N–H and O–H groups in total. The van der Waals surface area contributed by atoms with Crippen LogP contribution in [0.4, 0.5) is 5.69 Å². The van der Waals surface area contributed by atoms with Crippen LogP contribution in [0.2, 0.25) is 0 Å². The molecule has 0 spiro atoms. The number of carbonyl (C=O) groups excluding carboxylic acids is 2. The van der Waals surface area contributed by atoms with Crippen LogP contribution in [0.15, 0.2) is 64.9 Å². The number of allylic oxidation sites excluding steroid dienone is 1. The molecule has 3 aromatic rings. The van der Waals surface area contributed by atoms with Gasteiger partial charge in [0.05, 0.1) is 12.0 Å². The van der Waals surface area contributed by atoms with Crippen molar-refractivity contribution in [3.63, 3.8) is 0 Å². The molecule has 0 saturated carbocycles. The maximum atomic E-state index is 12.4. The lowest BCUT2D eigenvalue weighted by Crippen LogP contribution is -2.30. The summed E-state index contributed by atoms with van der Waals surface area (Å²) in [5.74, 6) is 1.15. The van der Waals surface area contributed by atoms with Gasteiger partial charge in [0.15, 0.2) is 10.9 Å². The summed E-state index contributed by atoms with van der Waals surface area (Å²) in [7, 11) is 0. The zero-order valence-electron chi connectivity index (χ0n) is 17.6. The Morgan fingerprint density at radius 1 is 1.19 bits per heavy atom. The third-order valence-corrected chi connectivity index (χ3v) is 5.54. The van der Waals surface area contributed by atoms with Crippen LogP contribution in [0, 0.1) is 0 Å². The van der Waals surface area contributed by atoms with Crippen molar-refractivity contribution in [1.29, 1.82) is 0 Å². The molecular weight excluding hydrogens is 414 g/mol. The largest absolute Gasteiger partial charge is 0.461 e. The SMILES string of the molecule is C=CCn1c(SCC(=O)Nc2ccc(C(=O)N(CC)CC)cc2)nnc1-c1ccco1. The summed E-state index contributed by atoms with van der Waals surface area (Å²) in [6.07, 6.45) is 3.31. The molecule has 2 heterocycles. The Hall–Kier alpha value is -3.33. The Bertz CT molecular complexity index is 1020. The van der Waals surface area contributed by atoms with Gasteiger partial charge >= 0.3 is 0 Å². The van der Waals surface area contributed by atoms with Gasteiger partial charge in [-0.25, -0.2) is 0 Å². The first-order chi connectivity index (χ1) is 15.1. The fraction of sp³-hybridized carbons (Fsp3) is 0.273. The zero-order valence-corrected chi connectivity index (χ0v) is 18.4. The first kappa shape index (κ1) is 22.4. The Morgan fingerprint density at radius 3 is 2.55 bits per heavy atom. The van der Waals surface area contributed by atoms with E-state index >= 15 is 0 Å². The minimum Gasteiger partial charge on any atom is -0.461 e. The summed E-state index contributed by atoms with van der Waals surface area (Å²) in [6.45, 7) is 9.47. The maximum Gasteiger partial charge on any atom is 0.253 e. The monoisotopic (exact) mass is 439 g/mol. The highest BCUT2D eigenvalue weighted by Gasteiger charge is 2.17. The van der Waals surface area contributed by atoms with E-state index in [2.05, 4.69) is 22.1 Å². The van der Waals surface area contributed by atoms with Crippen LogP contribution in [0.1, 0.15) is 24.2 Å². The molecule has 2 amide bonds. The van der Waals surface area contributed by atoms with Crippen molar-refractivity contribution in [3.8, 4) is 11.6 Å². The lowest BCUT2D eigenvalue weighted by Gasteiger charge is -2.18. The van der Waals surface area contributed by atoms with E-state index in [4.69, 9.17) is 4.42 Å². The lowest BCUT2D eigenvalue weighted by molar-refractivity contribution is -0.113. The number of aromatic nitrogens is 3. The Labute approximate surface area is 185 Å². The molecule has 0 aliphatic rings. The lowest BCUT2D eigenvalue weighted by atomic mass is 10.2. The molecule has 162 valence electrons. The predicted molar refractivity (Wildman–Crippen MR) is 121 cm³/mol. The first-order valence-corrected chi connectivity index (χ1v) is 11.0. The van der Waals surface area contributed by atoms with Crippen molar-refractivity contribution in [2.24, 2.45) is 0 Å². The average Bonchev–Trinajstić information content (AvgIpc) is 3.44. The Morgan fingerprint density at radius 2 is 1.94 bits per heavy atom. The molecule has 0 aliphatic carbocycles. The van der Waals surface area contributed by atoms with Crippen molar-refractivity contribution in [1.82, 2.24) is 19.7 Å². The minimum absolute atomic E-state index is 0.0210. The fourth-order valence-electron chi connectivity index (χ4n) is 2.99. The average molecular weight is 440 g/mol. The normalized spacial score (nSPS) is 10.6. The van der Waals surface area contributed by atoms with Gasteiger partial charge in [-0.2, -0.15) is 0 Å². The molecule has 9 heteroatoms. The third-order valence-electron chi connectivity index (χ3n) is 4.57. The number of nitrogens with zero attached hydrogens (tertiary/aromatic N) is 4. The van der Waals surface area contributed by atoms with E-state index < -0.39 is 0 Å². The molecule has 2 aromatic heterocycles. The highest BCUT2D eigenvalue weighted by atomic mass is 32.2. The number of rotatable bonds is 10. The topological polar surface area (TPSA) is 93.3 Å². The number of hydrogen-bond acceptors (Lipinski definition) is 6. The van der Waals surface area contributed by atoms with Gasteiger partial charge in [-0.1, -0.05) is 17.8 Å². The van der Waals surface area contributed by atoms with E-state index in [1.165, 1.54) is 11.8 Å². The molecule has 0 unspecified atom stereocenters. The standard InChI is InChI=1S/C22H25N5O3S/c1-4-13-27-20(18-8-7-14-30-18)24-25-22(27)31-15-19(28)23-17-11-9-16(10-12-17)21(29)26(5-2)6-3/h4,7-12,14H,1,5-6,13,15H2,2-3H3,(H,23,28). The molecule has 31 heavy (non-hydrogen) atoms. The number of amides is 2. The van der Waals surface area contributed by atoms with Crippen LogP contribution in [0.5, 0.6) is 0 Å². The van der Waals surface area contributed by atoms with Crippen molar-refractivity contribution < 1.29 is 14.0 Å². The van der Waals surface area contributed by atoms with Crippen molar-refractivity contribution in [3.05, 3.63) is 60.9 Å². The van der Waals surface area contributed by atoms with Gasteiger partial charge in [-0.15, -0.1) is 16.8 Å². The Balaban J connectivity index is 1.61. The van der Waals surface area contributed by atoms with Crippen LogP contribution in [0.3, 0.4) is 0 Å². The fourth-order valence-corrected chi connectivity index (χ4v) is 3.74. The molecule has 0 saturated heterocycles. The molecule has 0 fully saturated rings. The summed E-state index contributed by atoms with van der Waals surface area (Å²) in [4.78, 5) is 26.5. The number of carbonyl (C=O) groups is 2. The molecular formula is C22H25N5O3S. The van der Waals surface area contributed by atoms with E-state index in [9.17, 15) is 9.59 Å². The van der Waals surface area contributed by atoms with Gasteiger partial charge in [0.2, 0.25) is 11.7 Å². The molecule has 3 rings (SSSR count). The van der Waals surface area contributed by atoms with Gasteiger partial charge in [0.1, 0.15) is 0 Å². The van der Waals surface area contributed by atoms with E-state index in [-0.39, 0.29) is 17.6 Å². The summed E-state index contributed by atoms with van der Waals surface area (Å²) >= 11 is 1.28. The van der Waals surface area contributed by atoms with Gasteiger partial charge in [0, 0.05) is 30.9 Å². The second-order valence-electron chi connectivity index (χ2n) is 6.57. The van der Waals surface area contributed by atoms with Gasteiger partial charge < -0.3 is 14.6 Å². The predicted octanol–water partition coefficient (Wildman–Crippen LogP) is 3.94. The van der Waals surface area contributed by atoms with E-state index in [0.29, 0.717) is 47.6 Å². The van der Waals surface area contributed by atoms with Gasteiger partial charge in [0.25, 0.3) is 5.91 Å². The minimum atomic E-state index is -0.180. The summed E-state index contributed by atoms with van der Waals surface area (Å²) in [6, 6.07) is 10.5. The second-order valence-corrected chi connectivity index (χ2v) is 7.52. The van der Waals surface area contributed by atoms with Crippen molar-refractivity contribution in [2.45, 2.75) is 25.5 Å². The van der Waals surface area contributed by atoms with Crippen LogP contribution in [0.25, 0.3) is 11.6 Å². The molecule has 0 bridgehead atoms. The highest BCUT2D eigenvalue weighted by molar-refractivity contribution is 7.99. The van der Waals surface area contributed by atoms with E-state index in [1.807, 2.05) is 18.4 Å². The number of thioether (sulfide) groups is 1. The molecule has 0 atom stereocenters. The zero-order chi connectivity index (χ0) is 22.2. The smallest absolute Gasteiger partial charge is 0.253 e. The van der Waals surface area contributed by atoms with E-state index in [0.717, 1.165) is 0 Å². The van der Waals surface area contributed by atoms with Gasteiger partial charge in [-0.3, -0.25) is 14.2 Å². The summed E-state index contributed by atoms with van der Waals surface area (Å²) in [5.41, 5.74) is 1.23. The first-order valence-electron chi connectivity index (χ1n) is 9.97. The number of furan rings is 1. The second kappa shape index (κ2) is 10.6. The van der Waals surface area contributed by atoms with E-state index in [1.54, 1.807) is 53.6 Å². The molecule has 1 aromatic carbocycles. The van der Waals surface area contributed by atoms with Crippen molar-refractivity contribution >= 4 is 29.3 Å². The number of nitrogens with one attached hydrogen (secondary N) is 1. The molecule has 0 aliphatic heterocycles. The molecule has 0 radical (unpaired) electrons. The van der Waals surface area contributed by atoms with Gasteiger partial charge in [-0.05, 0) is 50.2 Å². The quantitative estimate of drug-likeness (QED) is 0.380. The van der Waals surface area contributed by atoms with Crippen molar-refractivity contribution in [2.75, 3.05) is 24.2 Å². The van der Waals surface area contributed by atoms with Crippen LogP contribution in [-0.4, -0.2) is 50.3 Å². The summed E-state index contributed by atoms with van der Waals surface area (Å²) < 4.78 is 7.25. The van der Waals surface area contributed by atoms with Crippen LogP contribution < -0.4 is 5.32 Å². The number of anilines is 1. The summed E-state index contributed by atoms with van der Waals surface area (Å²) in [5, 5.41) is 11.8. The Kier molecular flexibility index (Phi) is 7.66.